The minimum atomic E-state index is -0.623. The van der Waals surface area contributed by atoms with Crippen LogP contribution >= 0.6 is 0 Å². The fourth-order valence-corrected chi connectivity index (χ4v) is 3.11. The van der Waals surface area contributed by atoms with Gasteiger partial charge in [0, 0.05) is 5.56 Å². The molecule has 0 saturated heterocycles. The predicted octanol–water partition coefficient (Wildman–Crippen LogP) is 2.97. The molecular formula is C21H23N3O7. The van der Waals surface area contributed by atoms with Crippen molar-refractivity contribution < 1.29 is 33.0 Å². The highest BCUT2D eigenvalue weighted by atomic mass is 16.5. The predicted molar refractivity (Wildman–Crippen MR) is 110 cm³/mol. The number of nitrogens with zero attached hydrogens (tertiary/aromatic N) is 2. The molecule has 2 aromatic heterocycles. The third-order valence-corrected chi connectivity index (χ3v) is 4.60. The minimum Gasteiger partial charge on any atom is -0.496 e. The van der Waals surface area contributed by atoms with E-state index in [9.17, 15) is 9.59 Å². The molecule has 0 aliphatic heterocycles. The Balaban J connectivity index is 1.85. The second kappa shape index (κ2) is 8.90. The summed E-state index contributed by atoms with van der Waals surface area (Å²) in [5, 5.41) is 0.263. The molecule has 1 aromatic carbocycles. The Kier molecular flexibility index (Phi) is 6.28. The van der Waals surface area contributed by atoms with E-state index in [1.165, 1.54) is 14.2 Å². The molecule has 0 bridgehead atoms. The number of nitrogens with two attached hydrogens (primary N) is 1. The first-order valence-corrected chi connectivity index (χ1v) is 9.43. The average molecular weight is 429 g/mol. The fraction of sp³-hybridized carbons (Fsp3) is 0.333. The lowest BCUT2D eigenvalue weighted by Gasteiger charge is -2.12. The normalized spacial score (nSPS) is 10.7. The zero-order valence-electron chi connectivity index (χ0n) is 17.9. The van der Waals surface area contributed by atoms with Crippen LogP contribution in [0.15, 0.2) is 16.5 Å². The Hall–Kier alpha value is -3.82. The molecule has 0 radical (unpaired) electrons. The summed E-state index contributed by atoms with van der Waals surface area (Å²) in [5.41, 5.74) is 7.31. The lowest BCUT2D eigenvalue weighted by Crippen LogP contribution is -2.10. The third kappa shape index (κ3) is 4.23. The quantitative estimate of drug-likeness (QED) is 0.558. The largest absolute Gasteiger partial charge is 0.496 e. The molecule has 0 unspecified atom stereocenters. The van der Waals surface area contributed by atoms with Crippen LogP contribution in [0.4, 0.5) is 5.82 Å². The highest BCUT2D eigenvalue weighted by Crippen LogP contribution is 2.31. The van der Waals surface area contributed by atoms with Crippen LogP contribution in [0.25, 0.3) is 11.1 Å². The van der Waals surface area contributed by atoms with Crippen LogP contribution in [-0.2, 0) is 16.1 Å². The van der Waals surface area contributed by atoms with Gasteiger partial charge in [0.1, 0.15) is 28.6 Å². The van der Waals surface area contributed by atoms with Crippen LogP contribution in [0.3, 0.4) is 0 Å². The number of rotatable bonds is 7. The van der Waals surface area contributed by atoms with Gasteiger partial charge in [0.05, 0.1) is 31.8 Å². The lowest BCUT2D eigenvalue weighted by molar-refractivity contribution is 0.0460. The number of furan rings is 1. The highest BCUT2D eigenvalue weighted by Gasteiger charge is 2.24. The summed E-state index contributed by atoms with van der Waals surface area (Å²) in [7, 11) is 3.00. The molecule has 164 valence electrons. The van der Waals surface area contributed by atoms with Crippen molar-refractivity contribution in [1.29, 1.82) is 0 Å². The topological polar surface area (TPSA) is 136 Å². The van der Waals surface area contributed by atoms with E-state index in [1.807, 2.05) is 6.92 Å². The Morgan fingerprint density at radius 2 is 1.68 bits per heavy atom. The van der Waals surface area contributed by atoms with Crippen molar-refractivity contribution >= 4 is 28.9 Å². The summed E-state index contributed by atoms with van der Waals surface area (Å²) in [4.78, 5) is 33.1. The van der Waals surface area contributed by atoms with Crippen LogP contribution in [0, 0.1) is 13.8 Å². The van der Waals surface area contributed by atoms with Gasteiger partial charge >= 0.3 is 11.9 Å². The number of methoxy groups -OCH3 is 2. The molecule has 0 aliphatic carbocycles. The van der Waals surface area contributed by atoms with E-state index in [0.29, 0.717) is 17.3 Å². The van der Waals surface area contributed by atoms with E-state index in [0.717, 1.165) is 5.56 Å². The molecule has 31 heavy (non-hydrogen) atoms. The number of esters is 2. The Morgan fingerprint density at radius 1 is 1.03 bits per heavy atom. The highest BCUT2D eigenvalue weighted by molar-refractivity contribution is 6.07. The van der Waals surface area contributed by atoms with Crippen molar-refractivity contribution in [1.82, 2.24) is 9.97 Å². The van der Waals surface area contributed by atoms with Crippen LogP contribution < -0.4 is 15.2 Å². The van der Waals surface area contributed by atoms with Crippen molar-refractivity contribution in [3.63, 3.8) is 0 Å². The zero-order valence-corrected chi connectivity index (χ0v) is 17.9. The molecule has 0 saturated carbocycles. The number of aromatic nitrogens is 2. The van der Waals surface area contributed by atoms with Gasteiger partial charge in [-0.3, -0.25) is 0 Å². The summed E-state index contributed by atoms with van der Waals surface area (Å²) < 4.78 is 26.5. The van der Waals surface area contributed by atoms with Crippen molar-refractivity contribution in [3.8, 4) is 11.5 Å². The van der Waals surface area contributed by atoms with Gasteiger partial charge in [0.15, 0.2) is 12.4 Å². The molecule has 3 aromatic rings. The van der Waals surface area contributed by atoms with Crippen molar-refractivity contribution in [2.24, 2.45) is 0 Å². The zero-order chi connectivity index (χ0) is 22.7. The summed E-state index contributed by atoms with van der Waals surface area (Å²) in [6.07, 6.45) is 0. The van der Waals surface area contributed by atoms with Crippen molar-refractivity contribution in [3.05, 3.63) is 40.4 Å². The van der Waals surface area contributed by atoms with Crippen LogP contribution in [-0.4, -0.2) is 42.7 Å². The van der Waals surface area contributed by atoms with Gasteiger partial charge in [-0.05, 0) is 32.9 Å². The van der Waals surface area contributed by atoms with Gasteiger partial charge in [0.25, 0.3) is 0 Å². The summed E-state index contributed by atoms with van der Waals surface area (Å²) in [5.74, 6) is 0.236. The maximum Gasteiger partial charge on any atom is 0.342 e. The van der Waals surface area contributed by atoms with Crippen LogP contribution in [0.5, 0.6) is 11.5 Å². The molecule has 0 amide bonds. The number of anilines is 1. The van der Waals surface area contributed by atoms with Crippen LogP contribution in [0.2, 0.25) is 0 Å². The smallest absolute Gasteiger partial charge is 0.342 e. The van der Waals surface area contributed by atoms with E-state index in [4.69, 9.17) is 29.1 Å². The number of carbonyl (C=O) groups excluding carboxylic acids is 2. The fourth-order valence-electron chi connectivity index (χ4n) is 3.11. The Labute approximate surface area is 178 Å². The molecular weight excluding hydrogens is 406 g/mol. The first-order valence-electron chi connectivity index (χ1n) is 9.43. The molecule has 0 atom stereocenters. The van der Waals surface area contributed by atoms with Gasteiger partial charge in [-0.2, -0.15) is 4.98 Å². The van der Waals surface area contributed by atoms with E-state index in [2.05, 4.69) is 9.97 Å². The number of hydrogen-bond acceptors (Lipinski definition) is 10. The first-order chi connectivity index (χ1) is 14.8. The number of ether oxygens (including phenoxy) is 4. The molecule has 0 aliphatic rings. The molecule has 2 N–H and O–H groups in total. The number of aryl methyl sites for hydroxylation is 1. The van der Waals surface area contributed by atoms with Gasteiger partial charge < -0.3 is 29.1 Å². The number of benzene rings is 1. The average Bonchev–Trinajstić information content (AvgIpc) is 3.08. The minimum absolute atomic E-state index is 0.0228. The van der Waals surface area contributed by atoms with Crippen molar-refractivity contribution in [2.45, 2.75) is 27.4 Å². The Bertz CT molecular complexity index is 1130. The first kappa shape index (κ1) is 21.9. The molecule has 10 heteroatoms. The van der Waals surface area contributed by atoms with Crippen molar-refractivity contribution in [2.75, 3.05) is 26.6 Å². The second-order valence-electron chi connectivity index (χ2n) is 6.54. The SMILES string of the molecule is CCOC(=O)c1c(C)oc2nc(COC(=O)c3cc(OC)c(C)c(OC)c3)nc(N)c12. The monoisotopic (exact) mass is 429 g/mol. The van der Waals surface area contributed by atoms with Gasteiger partial charge in [-0.15, -0.1) is 0 Å². The van der Waals surface area contributed by atoms with Gasteiger partial charge in [0.2, 0.25) is 5.71 Å². The Morgan fingerprint density at radius 3 is 2.26 bits per heavy atom. The molecule has 3 rings (SSSR count). The number of nitrogen functional groups attached to an aromatic ring is 1. The second-order valence-corrected chi connectivity index (χ2v) is 6.54. The van der Waals surface area contributed by atoms with Gasteiger partial charge in [-0.1, -0.05) is 0 Å². The maximum atomic E-state index is 12.5. The van der Waals surface area contributed by atoms with Crippen LogP contribution in [0.1, 0.15) is 44.8 Å². The van der Waals surface area contributed by atoms with E-state index in [1.54, 1.807) is 26.0 Å². The van der Waals surface area contributed by atoms with E-state index >= 15 is 0 Å². The molecule has 2 heterocycles. The lowest BCUT2D eigenvalue weighted by atomic mass is 10.1. The number of carbonyl (C=O) groups is 2. The van der Waals surface area contributed by atoms with E-state index < -0.39 is 11.9 Å². The van der Waals surface area contributed by atoms with Gasteiger partial charge in [-0.25, -0.2) is 14.6 Å². The summed E-state index contributed by atoms with van der Waals surface area (Å²) >= 11 is 0. The third-order valence-electron chi connectivity index (χ3n) is 4.60. The summed E-state index contributed by atoms with van der Waals surface area (Å²) in [6, 6.07) is 3.11. The standard InChI is InChI=1S/C21H23N3O7/c1-6-29-21(26)16-11(3)31-19-17(16)18(22)23-15(24-19)9-30-20(25)12-7-13(27-4)10(2)14(8-12)28-5/h7-8H,6,9H2,1-5H3,(H2,22,23,24). The number of fused-ring (bicyclic) bond motifs is 1. The van der Waals surface area contributed by atoms with E-state index in [-0.39, 0.29) is 47.1 Å². The summed E-state index contributed by atoms with van der Waals surface area (Å²) in [6.45, 7) is 5.06. The maximum absolute atomic E-state index is 12.5. The number of hydrogen-bond donors (Lipinski definition) is 1. The molecule has 10 nitrogen and oxygen atoms in total. The molecule has 0 fully saturated rings. The molecule has 0 spiro atoms.